The Bertz CT molecular complexity index is 225. The summed E-state index contributed by atoms with van der Waals surface area (Å²) in [5.41, 5.74) is 1.15. The van der Waals surface area contributed by atoms with E-state index in [1.165, 1.54) is 0 Å². The number of aromatic nitrogens is 1. The highest BCUT2D eigenvalue weighted by Crippen LogP contribution is 2.07. The molecule has 0 saturated carbocycles. The second-order valence-electron chi connectivity index (χ2n) is 2.28. The molecule has 1 N–H and O–H groups in total. The Hall–Kier alpha value is -0.760. The van der Waals surface area contributed by atoms with Gasteiger partial charge in [0, 0.05) is 18.6 Å². The van der Waals surface area contributed by atoms with E-state index in [0.29, 0.717) is 5.88 Å². The minimum absolute atomic E-state index is 0.607. The molecule has 2 nitrogen and oxygen atoms in total. The van der Waals surface area contributed by atoms with Gasteiger partial charge in [0.2, 0.25) is 0 Å². The zero-order valence-electron chi connectivity index (χ0n) is 6.47. The summed E-state index contributed by atoms with van der Waals surface area (Å²) in [4.78, 5) is 4.15. The number of aryl methyl sites for hydroxylation is 1. The van der Waals surface area contributed by atoms with Crippen molar-refractivity contribution in [2.75, 3.05) is 17.7 Å². The van der Waals surface area contributed by atoms with E-state index in [2.05, 4.69) is 10.3 Å². The Labute approximate surface area is 71.6 Å². The number of rotatable bonds is 3. The van der Waals surface area contributed by atoms with Gasteiger partial charge in [0.15, 0.2) is 0 Å². The van der Waals surface area contributed by atoms with Gasteiger partial charge in [0.25, 0.3) is 0 Å². The normalized spacial score (nSPS) is 9.64. The maximum atomic E-state index is 5.51. The molecule has 0 saturated heterocycles. The first-order valence-corrected chi connectivity index (χ1v) is 4.09. The molecule has 0 fully saturated rings. The Morgan fingerprint density at radius 3 is 3.09 bits per heavy atom. The molecular formula is C8H11ClN2. The number of hydrogen-bond donors (Lipinski definition) is 1. The molecule has 1 aromatic rings. The van der Waals surface area contributed by atoms with Crippen LogP contribution < -0.4 is 5.32 Å². The van der Waals surface area contributed by atoms with Crippen molar-refractivity contribution in [3.8, 4) is 0 Å². The largest absolute Gasteiger partial charge is 0.369 e. The summed E-state index contributed by atoms with van der Waals surface area (Å²) in [7, 11) is 0. The highest BCUT2D eigenvalue weighted by Gasteiger charge is 1.94. The average Bonchev–Trinajstić information content (AvgIpc) is 2.03. The lowest BCUT2D eigenvalue weighted by molar-refractivity contribution is 1.14. The van der Waals surface area contributed by atoms with E-state index >= 15 is 0 Å². The van der Waals surface area contributed by atoms with Crippen LogP contribution >= 0.6 is 11.6 Å². The Morgan fingerprint density at radius 1 is 1.64 bits per heavy atom. The van der Waals surface area contributed by atoms with E-state index in [0.717, 1.165) is 17.9 Å². The number of hydrogen-bond acceptors (Lipinski definition) is 2. The van der Waals surface area contributed by atoms with Crippen LogP contribution in [0.15, 0.2) is 18.3 Å². The second kappa shape index (κ2) is 4.19. The minimum atomic E-state index is 0.607. The third-order valence-corrected chi connectivity index (χ3v) is 1.59. The van der Waals surface area contributed by atoms with Crippen molar-refractivity contribution in [2.45, 2.75) is 6.92 Å². The lowest BCUT2D eigenvalue weighted by Crippen LogP contribution is -2.05. The van der Waals surface area contributed by atoms with Gasteiger partial charge >= 0.3 is 0 Å². The van der Waals surface area contributed by atoms with Crippen LogP contribution in [0.1, 0.15) is 5.56 Å². The molecule has 1 aromatic heterocycles. The smallest absolute Gasteiger partial charge is 0.128 e. The first-order valence-electron chi connectivity index (χ1n) is 3.56. The maximum absolute atomic E-state index is 5.51. The minimum Gasteiger partial charge on any atom is -0.369 e. The summed E-state index contributed by atoms with van der Waals surface area (Å²) < 4.78 is 0. The molecular weight excluding hydrogens is 160 g/mol. The molecule has 0 bridgehead atoms. The van der Waals surface area contributed by atoms with Crippen molar-refractivity contribution in [1.29, 1.82) is 0 Å². The van der Waals surface area contributed by atoms with Gasteiger partial charge in [-0.2, -0.15) is 0 Å². The van der Waals surface area contributed by atoms with Gasteiger partial charge in [-0.15, -0.1) is 11.6 Å². The first-order chi connectivity index (χ1) is 5.34. The molecule has 0 atom stereocenters. The second-order valence-corrected chi connectivity index (χ2v) is 2.66. The van der Waals surface area contributed by atoms with Crippen LogP contribution in [-0.4, -0.2) is 17.4 Å². The standard InChI is InChI=1S/C8H11ClN2/c1-7-3-2-5-10-8(7)11-6-4-9/h2-3,5H,4,6H2,1H3,(H,10,11). The lowest BCUT2D eigenvalue weighted by atomic mass is 10.3. The molecule has 1 rings (SSSR count). The average molecular weight is 171 g/mol. The summed E-state index contributed by atoms with van der Waals surface area (Å²) in [6.45, 7) is 2.78. The highest BCUT2D eigenvalue weighted by molar-refractivity contribution is 6.18. The van der Waals surface area contributed by atoms with Crippen LogP contribution in [0.3, 0.4) is 0 Å². The Morgan fingerprint density at radius 2 is 2.45 bits per heavy atom. The molecule has 60 valence electrons. The Kier molecular flexibility index (Phi) is 3.17. The SMILES string of the molecule is Cc1cccnc1NCCCl. The molecule has 0 spiro atoms. The van der Waals surface area contributed by atoms with E-state index in [9.17, 15) is 0 Å². The maximum Gasteiger partial charge on any atom is 0.128 e. The fraction of sp³-hybridized carbons (Fsp3) is 0.375. The molecule has 0 aliphatic carbocycles. The molecule has 0 unspecified atom stereocenters. The van der Waals surface area contributed by atoms with E-state index in [1.54, 1.807) is 6.20 Å². The van der Waals surface area contributed by atoms with Gasteiger partial charge in [-0.25, -0.2) is 4.98 Å². The van der Waals surface area contributed by atoms with Crippen LogP contribution in [0, 0.1) is 6.92 Å². The summed E-state index contributed by atoms with van der Waals surface area (Å²) in [5.74, 6) is 1.53. The van der Waals surface area contributed by atoms with E-state index in [1.807, 2.05) is 19.1 Å². The summed E-state index contributed by atoms with van der Waals surface area (Å²) >= 11 is 5.51. The van der Waals surface area contributed by atoms with E-state index in [-0.39, 0.29) is 0 Å². The number of halogens is 1. The number of anilines is 1. The van der Waals surface area contributed by atoms with Gasteiger partial charge < -0.3 is 5.32 Å². The Balaban J connectivity index is 2.62. The van der Waals surface area contributed by atoms with Crippen molar-refractivity contribution in [3.05, 3.63) is 23.9 Å². The van der Waals surface area contributed by atoms with Gasteiger partial charge in [-0.05, 0) is 18.6 Å². The summed E-state index contributed by atoms with van der Waals surface area (Å²) in [5, 5.41) is 3.12. The predicted octanol–water partition coefficient (Wildman–Crippen LogP) is 2.04. The van der Waals surface area contributed by atoms with Gasteiger partial charge in [0.05, 0.1) is 0 Å². The van der Waals surface area contributed by atoms with Crippen molar-refractivity contribution in [1.82, 2.24) is 4.98 Å². The number of nitrogens with one attached hydrogen (secondary N) is 1. The van der Waals surface area contributed by atoms with Crippen molar-refractivity contribution >= 4 is 17.4 Å². The fourth-order valence-electron chi connectivity index (χ4n) is 0.836. The number of alkyl halides is 1. The van der Waals surface area contributed by atoms with Crippen molar-refractivity contribution in [3.63, 3.8) is 0 Å². The van der Waals surface area contributed by atoms with Crippen LogP contribution in [-0.2, 0) is 0 Å². The third kappa shape index (κ3) is 2.39. The summed E-state index contributed by atoms with van der Waals surface area (Å²) in [6, 6.07) is 3.94. The molecule has 11 heavy (non-hydrogen) atoms. The van der Waals surface area contributed by atoms with Crippen LogP contribution in [0.4, 0.5) is 5.82 Å². The van der Waals surface area contributed by atoms with Gasteiger partial charge in [-0.3, -0.25) is 0 Å². The molecule has 0 aliphatic rings. The highest BCUT2D eigenvalue weighted by atomic mass is 35.5. The van der Waals surface area contributed by atoms with Gasteiger partial charge in [-0.1, -0.05) is 6.07 Å². The summed E-state index contributed by atoms with van der Waals surface area (Å²) in [6.07, 6.45) is 1.77. The van der Waals surface area contributed by atoms with Crippen molar-refractivity contribution in [2.24, 2.45) is 0 Å². The molecule has 0 aromatic carbocycles. The molecule has 0 radical (unpaired) electrons. The van der Waals surface area contributed by atoms with Crippen molar-refractivity contribution < 1.29 is 0 Å². The van der Waals surface area contributed by atoms with Crippen LogP contribution in [0.2, 0.25) is 0 Å². The topological polar surface area (TPSA) is 24.9 Å². The van der Waals surface area contributed by atoms with E-state index in [4.69, 9.17) is 11.6 Å². The molecule has 0 aliphatic heterocycles. The quantitative estimate of drug-likeness (QED) is 0.703. The zero-order chi connectivity index (χ0) is 8.10. The zero-order valence-corrected chi connectivity index (χ0v) is 7.23. The first kappa shape index (κ1) is 8.34. The number of pyridine rings is 1. The monoisotopic (exact) mass is 170 g/mol. The van der Waals surface area contributed by atoms with Crippen LogP contribution in [0.25, 0.3) is 0 Å². The number of nitrogens with zero attached hydrogens (tertiary/aromatic N) is 1. The third-order valence-electron chi connectivity index (χ3n) is 1.40. The predicted molar refractivity (Wildman–Crippen MR) is 48.2 cm³/mol. The molecule has 1 heterocycles. The molecule has 3 heteroatoms. The van der Waals surface area contributed by atoms with Gasteiger partial charge in [0.1, 0.15) is 5.82 Å². The molecule has 0 amide bonds. The van der Waals surface area contributed by atoms with Crippen LogP contribution in [0.5, 0.6) is 0 Å². The lowest BCUT2D eigenvalue weighted by Gasteiger charge is -2.04. The van der Waals surface area contributed by atoms with E-state index < -0.39 is 0 Å². The fourth-order valence-corrected chi connectivity index (χ4v) is 0.931.